The molecule has 0 saturated heterocycles. The van der Waals surface area contributed by atoms with Crippen LogP contribution < -0.4 is 5.43 Å². The summed E-state index contributed by atoms with van der Waals surface area (Å²) in [6.45, 7) is 3.70. The lowest BCUT2D eigenvalue weighted by atomic mass is 10.1. The third-order valence-corrected chi connectivity index (χ3v) is 3.94. The monoisotopic (exact) mass is 392 g/mol. The van der Waals surface area contributed by atoms with Gasteiger partial charge in [0.2, 0.25) is 0 Å². The molecule has 8 nitrogen and oxygen atoms in total. The van der Waals surface area contributed by atoms with Crippen LogP contribution in [0.5, 0.6) is 0 Å². The summed E-state index contributed by atoms with van der Waals surface area (Å²) >= 11 is 3.43. The van der Waals surface area contributed by atoms with Gasteiger partial charge in [0.05, 0.1) is 21.6 Å². The van der Waals surface area contributed by atoms with E-state index in [-0.39, 0.29) is 11.4 Å². The summed E-state index contributed by atoms with van der Waals surface area (Å²) in [6.07, 6.45) is 0. The van der Waals surface area contributed by atoms with Gasteiger partial charge in [-0.05, 0) is 32.0 Å². The van der Waals surface area contributed by atoms with Crippen molar-refractivity contribution in [1.29, 1.82) is 0 Å². The predicted octanol–water partition coefficient (Wildman–Crippen LogP) is 4.41. The van der Waals surface area contributed by atoms with Gasteiger partial charge >= 0.3 is 5.69 Å². The molecule has 2 aromatic carbocycles. The molecule has 2 rings (SSSR count). The van der Waals surface area contributed by atoms with Gasteiger partial charge in [-0.3, -0.25) is 25.7 Å². The Morgan fingerprint density at radius 1 is 1.12 bits per heavy atom. The molecule has 0 aliphatic rings. The zero-order valence-corrected chi connectivity index (χ0v) is 14.4. The molecule has 0 aromatic heterocycles. The zero-order valence-electron chi connectivity index (χ0n) is 12.8. The van der Waals surface area contributed by atoms with Crippen molar-refractivity contribution in [2.45, 2.75) is 13.8 Å². The van der Waals surface area contributed by atoms with Crippen LogP contribution in [0.4, 0.5) is 17.1 Å². The number of non-ortho nitro benzene ring substituents is 1. The Kier molecular flexibility index (Phi) is 5.24. The van der Waals surface area contributed by atoms with Crippen molar-refractivity contribution in [2.24, 2.45) is 5.10 Å². The maximum atomic E-state index is 11.1. The molecule has 0 aliphatic heterocycles. The molecule has 0 fully saturated rings. The third-order valence-electron chi connectivity index (χ3n) is 3.24. The lowest BCUT2D eigenvalue weighted by Gasteiger charge is -2.07. The van der Waals surface area contributed by atoms with Crippen LogP contribution in [-0.2, 0) is 0 Å². The number of nitro groups is 2. The van der Waals surface area contributed by atoms with Crippen LogP contribution in [0.15, 0.2) is 46.0 Å². The predicted molar refractivity (Wildman–Crippen MR) is 94.5 cm³/mol. The maximum absolute atomic E-state index is 11.1. The van der Waals surface area contributed by atoms with Crippen LogP contribution in [0.2, 0.25) is 0 Å². The fourth-order valence-corrected chi connectivity index (χ4v) is 2.53. The second-order valence-corrected chi connectivity index (χ2v) is 5.86. The fourth-order valence-electron chi connectivity index (χ4n) is 2.00. The number of rotatable bonds is 5. The highest BCUT2D eigenvalue weighted by atomic mass is 79.9. The van der Waals surface area contributed by atoms with E-state index in [4.69, 9.17) is 0 Å². The molecular formula is C15H13BrN4O4. The molecule has 0 amide bonds. The van der Waals surface area contributed by atoms with Crippen molar-refractivity contribution < 1.29 is 9.85 Å². The van der Waals surface area contributed by atoms with Crippen molar-refractivity contribution in [1.82, 2.24) is 0 Å². The highest BCUT2D eigenvalue weighted by Gasteiger charge is 2.19. The summed E-state index contributed by atoms with van der Waals surface area (Å²) in [5, 5.41) is 26.0. The molecule has 0 saturated carbocycles. The van der Waals surface area contributed by atoms with Crippen molar-refractivity contribution in [2.75, 3.05) is 5.43 Å². The minimum Gasteiger partial charge on any atom is -0.271 e. The van der Waals surface area contributed by atoms with E-state index >= 15 is 0 Å². The maximum Gasteiger partial charge on any atom is 0.301 e. The first-order chi connectivity index (χ1) is 11.3. The number of nitrogens with zero attached hydrogens (tertiary/aromatic N) is 3. The van der Waals surface area contributed by atoms with Crippen LogP contribution in [0.1, 0.15) is 18.1 Å². The van der Waals surface area contributed by atoms with Gasteiger partial charge in [-0.15, -0.1) is 0 Å². The zero-order chi connectivity index (χ0) is 17.9. The van der Waals surface area contributed by atoms with Crippen molar-refractivity contribution in [3.05, 3.63) is 72.2 Å². The number of hydrogen-bond acceptors (Lipinski definition) is 6. The molecular weight excluding hydrogens is 380 g/mol. The molecule has 0 aliphatic carbocycles. The smallest absolute Gasteiger partial charge is 0.271 e. The summed E-state index contributed by atoms with van der Waals surface area (Å²) < 4.78 is 0.842. The molecule has 1 N–H and O–H groups in total. The lowest BCUT2D eigenvalue weighted by Crippen LogP contribution is -2.03. The quantitative estimate of drug-likeness (QED) is 0.460. The molecule has 0 radical (unpaired) electrons. The lowest BCUT2D eigenvalue weighted by molar-refractivity contribution is -0.393. The van der Waals surface area contributed by atoms with Crippen LogP contribution in [0.25, 0.3) is 0 Å². The molecule has 124 valence electrons. The number of hydrazone groups is 1. The Bertz CT molecular complexity index is 851. The van der Waals surface area contributed by atoms with E-state index in [1.54, 1.807) is 6.92 Å². The molecule has 0 atom stereocenters. The van der Waals surface area contributed by atoms with Gasteiger partial charge in [0.1, 0.15) is 5.69 Å². The average molecular weight is 393 g/mol. The van der Waals surface area contributed by atoms with Crippen molar-refractivity contribution >= 4 is 38.7 Å². The Hall–Kier alpha value is -2.81. The van der Waals surface area contributed by atoms with E-state index in [9.17, 15) is 20.2 Å². The number of nitro benzene ring substituents is 2. The number of anilines is 1. The van der Waals surface area contributed by atoms with Gasteiger partial charge in [-0.25, -0.2) is 0 Å². The minimum atomic E-state index is -0.692. The number of benzene rings is 2. The topological polar surface area (TPSA) is 111 Å². The first-order valence-corrected chi connectivity index (χ1v) is 7.58. The van der Waals surface area contributed by atoms with E-state index in [1.165, 1.54) is 12.1 Å². The van der Waals surface area contributed by atoms with Crippen LogP contribution >= 0.6 is 15.9 Å². The normalized spacial score (nSPS) is 11.2. The summed E-state index contributed by atoms with van der Waals surface area (Å²) in [5.41, 5.74) is 4.42. The Labute approximate surface area is 145 Å². The van der Waals surface area contributed by atoms with Crippen LogP contribution in [0.3, 0.4) is 0 Å². The molecule has 0 spiro atoms. The first-order valence-electron chi connectivity index (χ1n) is 6.79. The van der Waals surface area contributed by atoms with Crippen molar-refractivity contribution in [3.8, 4) is 0 Å². The molecule has 0 bridgehead atoms. The number of aryl methyl sites for hydroxylation is 1. The van der Waals surface area contributed by atoms with E-state index in [0.29, 0.717) is 5.71 Å². The van der Waals surface area contributed by atoms with Gasteiger partial charge in [-0.1, -0.05) is 27.6 Å². The summed E-state index contributed by atoms with van der Waals surface area (Å²) in [4.78, 5) is 20.5. The fraction of sp³-hybridized carbons (Fsp3) is 0.133. The van der Waals surface area contributed by atoms with Gasteiger partial charge < -0.3 is 0 Å². The Morgan fingerprint density at radius 3 is 2.46 bits per heavy atom. The number of hydrogen-bond donors (Lipinski definition) is 1. The van der Waals surface area contributed by atoms with Crippen molar-refractivity contribution in [3.63, 3.8) is 0 Å². The average Bonchev–Trinajstić information content (AvgIpc) is 2.54. The molecule has 0 unspecified atom stereocenters. The van der Waals surface area contributed by atoms with Crippen LogP contribution in [0, 0.1) is 27.2 Å². The number of nitrogens with one attached hydrogen (secondary N) is 1. The largest absolute Gasteiger partial charge is 0.301 e. The third kappa shape index (κ3) is 3.93. The summed E-state index contributed by atoms with van der Waals surface area (Å²) in [6, 6.07) is 9.10. The van der Waals surface area contributed by atoms with E-state index in [0.717, 1.165) is 21.7 Å². The molecule has 9 heteroatoms. The second-order valence-electron chi connectivity index (χ2n) is 5.01. The highest BCUT2D eigenvalue weighted by Crippen LogP contribution is 2.29. The highest BCUT2D eigenvalue weighted by molar-refractivity contribution is 9.10. The Morgan fingerprint density at radius 2 is 1.83 bits per heavy atom. The minimum absolute atomic E-state index is 0.0775. The van der Waals surface area contributed by atoms with E-state index in [1.807, 2.05) is 25.1 Å². The van der Waals surface area contributed by atoms with E-state index in [2.05, 4.69) is 26.5 Å². The van der Waals surface area contributed by atoms with Gasteiger partial charge in [0, 0.05) is 16.1 Å². The molecule has 24 heavy (non-hydrogen) atoms. The summed E-state index contributed by atoms with van der Waals surface area (Å²) in [7, 11) is 0. The SMILES string of the molecule is CC(=NNc1ccc([N+](=O)[O-])cc1[N+](=O)[O-])c1cc(C)ccc1Br. The second kappa shape index (κ2) is 7.18. The molecule has 2 aromatic rings. The standard InChI is InChI=1S/C15H13BrN4O4/c1-9-3-5-13(16)12(7-9)10(2)17-18-14-6-4-11(19(21)22)8-15(14)20(23)24/h3-8,18H,1-2H3. The first kappa shape index (κ1) is 17.5. The van der Waals surface area contributed by atoms with Gasteiger partial charge in [0.25, 0.3) is 5.69 Å². The van der Waals surface area contributed by atoms with Crippen LogP contribution in [-0.4, -0.2) is 15.6 Å². The molecule has 0 heterocycles. The Balaban J connectivity index is 2.35. The van der Waals surface area contributed by atoms with Gasteiger partial charge in [-0.2, -0.15) is 5.10 Å². The van der Waals surface area contributed by atoms with Gasteiger partial charge in [0.15, 0.2) is 0 Å². The van der Waals surface area contributed by atoms with E-state index < -0.39 is 15.5 Å². The number of halogens is 1. The summed E-state index contributed by atoms with van der Waals surface area (Å²) in [5.74, 6) is 0.